The molecule has 0 aliphatic rings. The van der Waals surface area contributed by atoms with E-state index in [1.165, 1.54) is 11.9 Å². The zero-order valence-electron chi connectivity index (χ0n) is 15.8. The van der Waals surface area contributed by atoms with E-state index in [0.29, 0.717) is 12.1 Å². The van der Waals surface area contributed by atoms with Crippen molar-refractivity contribution in [3.05, 3.63) is 48.0 Å². The summed E-state index contributed by atoms with van der Waals surface area (Å²) in [6.45, 7) is 5.65. The Bertz CT molecular complexity index is 752. The molecule has 0 saturated carbocycles. The van der Waals surface area contributed by atoms with Crippen LogP contribution in [0, 0.1) is 0 Å². The van der Waals surface area contributed by atoms with E-state index < -0.39 is 17.7 Å². The highest BCUT2D eigenvalue weighted by Gasteiger charge is 2.32. The van der Waals surface area contributed by atoms with E-state index in [1.807, 2.05) is 6.07 Å². The van der Waals surface area contributed by atoms with Gasteiger partial charge in [-0.1, -0.05) is 6.07 Å². The van der Waals surface area contributed by atoms with Crippen LogP contribution in [0.3, 0.4) is 0 Å². The topological polar surface area (TPSA) is 89.3 Å². The Kier molecular flexibility index (Phi) is 5.97. The zero-order chi connectivity index (χ0) is 19.3. The predicted octanol–water partition coefficient (Wildman–Crippen LogP) is 2.04. The summed E-state index contributed by atoms with van der Waals surface area (Å²) in [6.07, 6.45) is 6.03. The van der Waals surface area contributed by atoms with Crippen molar-refractivity contribution < 1.29 is 14.3 Å². The van der Waals surface area contributed by atoms with Crippen LogP contribution >= 0.6 is 0 Å². The molecular formula is C18H25N5O3. The van der Waals surface area contributed by atoms with Gasteiger partial charge in [0, 0.05) is 44.8 Å². The first-order valence-electron chi connectivity index (χ1n) is 8.28. The summed E-state index contributed by atoms with van der Waals surface area (Å²) in [5.74, 6) is -0.324. The molecule has 8 heteroatoms. The molecule has 0 aliphatic heterocycles. The zero-order valence-corrected chi connectivity index (χ0v) is 15.8. The monoisotopic (exact) mass is 359 g/mol. The minimum Gasteiger partial charge on any atom is -0.444 e. The SMILES string of the molecule is CN(C(=O)OC(C)(C)C)[C@@H](C(=O)NCc1cccnc1)c1cnn(C)c1. The molecule has 2 amide bonds. The molecule has 2 rings (SSSR count). The number of nitrogens with zero attached hydrogens (tertiary/aromatic N) is 4. The first-order valence-corrected chi connectivity index (χ1v) is 8.28. The van der Waals surface area contributed by atoms with Crippen molar-refractivity contribution in [3.63, 3.8) is 0 Å². The van der Waals surface area contributed by atoms with Gasteiger partial charge < -0.3 is 10.1 Å². The highest BCUT2D eigenvalue weighted by atomic mass is 16.6. The van der Waals surface area contributed by atoms with Gasteiger partial charge in [0.05, 0.1) is 6.20 Å². The van der Waals surface area contributed by atoms with Crippen molar-refractivity contribution in [2.24, 2.45) is 7.05 Å². The van der Waals surface area contributed by atoms with Gasteiger partial charge in [-0.25, -0.2) is 4.79 Å². The Labute approximate surface area is 153 Å². The smallest absolute Gasteiger partial charge is 0.410 e. The fraction of sp³-hybridized carbons (Fsp3) is 0.444. The molecule has 0 saturated heterocycles. The average Bonchev–Trinajstić information content (AvgIpc) is 2.98. The minimum absolute atomic E-state index is 0.311. The molecule has 0 radical (unpaired) electrons. The highest BCUT2D eigenvalue weighted by Crippen LogP contribution is 2.22. The first kappa shape index (κ1) is 19.4. The molecule has 2 aromatic heterocycles. The third-order valence-corrected chi connectivity index (χ3v) is 3.55. The Morgan fingerprint density at radius 3 is 2.62 bits per heavy atom. The van der Waals surface area contributed by atoms with E-state index in [4.69, 9.17) is 4.74 Å². The number of hydrogen-bond acceptors (Lipinski definition) is 5. The Hall–Kier alpha value is -2.90. The summed E-state index contributed by atoms with van der Waals surface area (Å²) in [5, 5.41) is 6.94. The number of pyridine rings is 1. The molecule has 0 aromatic carbocycles. The summed E-state index contributed by atoms with van der Waals surface area (Å²) >= 11 is 0. The normalized spacial score (nSPS) is 12.3. The highest BCUT2D eigenvalue weighted by molar-refractivity contribution is 5.86. The van der Waals surface area contributed by atoms with Crippen LogP contribution in [0.5, 0.6) is 0 Å². The summed E-state index contributed by atoms with van der Waals surface area (Å²) in [5.41, 5.74) is 0.812. The molecule has 0 aliphatic carbocycles. The quantitative estimate of drug-likeness (QED) is 0.882. The lowest BCUT2D eigenvalue weighted by atomic mass is 10.1. The number of likely N-dealkylation sites (N-methyl/N-ethyl adjacent to an activating group) is 1. The second-order valence-electron chi connectivity index (χ2n) is 7.02. The van der Waals surface area contributed by atoms with E-state index in [9.17, 15) is 9.59 Å². The molecule has 0 fully saturated rings. The number of carbonyl (C=O) groups is 2. The van der Waals surface area contributed by atoms with Gasteiger partial charge in [-0.15, -0.1) is 0 Å². The van der Waals surface area contributed by atoms with Gasteiger partial charge in [-0.2, -0.15) is 5.10 Å². The molecule has 2 heterocycles. The van der Waals surface area contributed by atoms with Crippen molar-refractivity contribution in [3.8, 4) is 0 Å². The van der Waals surface area contributed by atoms with Crippen LogP contribution in [0.2, 0.25) is 0 Å². The summed E-state index contributed by atoms with van der Waals surface area (Å²) in [6, 6.07) is 2.81. The molecule has 2 aromatic rings. The summed E-state index contributed by atoms with van der Waals surface area (Å²) in [7, 11) is 3.29. The third kappa shape index (κ3) is 5.30. The molecule has 140 valence electrons. The lowest BCUT2D eigenvalue weighted by Gasteiger charge is -2.29. The lowest BCUT2D eigenvalue weighted by molar-refractivity contribution is -0.126. The van der Waals surface area contributed by atoms with Crippen molar-refractivity contribution in [1.82, 2.24) is 25.0 Å². The largest absolute Gasteiger partial charge is 0.444 e. The second kappa shape index (κ2) is 7.99. The standard InChI is InChI=1S/C18H25N5O3/c1-18(2,3)26-17(25)23(5)15(14-11-21-22(4)12-14)16(24)20-10-13-7-6-8-19-9-13/h6-9,11-12,15H,10H2,1-5H3,(H,20,24)/t15-/m1/s1. The fourth-order valence-corrected chi connectivity index (χ4v) is 2.36. The number of hydrogen-bond donors (Lipinski definition) is 1. The van der Waals surface area contributed by atoms with Crippen LogP contribution in [-0.4, -0.2) is 44.3 Å². The predicted molar refractivity (Wildman–Crippen MR) is 96.0 cm³/mol. The van der Waals surface area contributed by atoms with E-state index in [2.05, 4.69) is 15.4 Å². The van der Waals surface area contributed by atoms with Crippen LogP contribution in [0.1, 0.15) is 37.9 Å². The maximum Gasteiger partial charge on any atom is 0.410 e. The van der Waals surface area contributed by atoms with Gasteiger partial charge >= 0.3 is 6.09 Å². The number of rotatable bonds is 5. The van der Waals surface area contributed by atoms with Crippen molar-refractivity contribution in [2.45, 2.75) is 39.0 Å². The van der Waals surface area contributed by atoms with Gasteiger partial charge in [0.15, 0.2) is 0 Å². The number of aromatic nitrogens is 3. The van der Waals surface area contributed by atoms with Gasteiger partial charge in [-0.05, 0) is 32.4 Å². The van der Waals surface area contributed by atoms with E-state index in [-0.39, 0.29) is 5.91 Å². The van der Waals surface area contributed by atoms with Gasteiger partial charge in [-0.3, -0.25) is 19.4 Å². The van der Waals surface area contributed by atoms with Crippen LogP contribution in [0.4, 0.5) is 4.79 Å². The van der Waals surface area contributed by atoms with Gasteiger partial charge in [0.1, 0.15) is 11.6 Å². The Morgan fingerprint density at radius 2 is 2.08 bits per heavy atom. The molecule has 8 nitrogen and oxygen atoms in total. The van der Waals surface area contributed by atoms with Crippen LogP contribution in [0.25, 0.3) is 0 Å². The number of ether oxygens (including phenoxy) is 1. The molecule has 0 spiro atoms. The van der Waals surface area contributed by atoms with Crippen molar-refractivity contribution in [1.29, 1.82) is 0 Å². The van der Waals surface area contributed by atoms with Gasteiger partial charge in [0.25, 0.3) is 0 Å². The maximum absolute atomic E-state index is 12.8. The maximum atomic E-state index is 12.8. The molecule has 0 unspecified atom stereocenters. The molecule has 26 heavy (non-hydrogen) atoms. The number of aryl methyl sites for hydroxylation is 1. The minimum atomic E-state index is -0.852. The lowest BCUT2D eigenvalue weighted by Crippen LogP contribution is -2.43. The van der Waals surface area contributed by atoms with Crippen LogP contribution in [0.15, 0.2) is 36.9 Å². The molecule has 0 bridgehead atoms. The number of nitrogens with one attached hydrogen (secondary N) is 1. The van der Waals surface area contributed by atoms with E-state index in [1.54, 1.807) is 63.4 Å². The molecule has 1 atom stereocenters. The number of carbonyl (C=O) groups excluding carboxylic acids is 2. The fourth-order valence-electron chi connectivity index (χ4n) is 2.36. The molecule has 1 N–H and O–H groups in total. The summed E-state index contributed by atoms with van der Waals surface area (Å²) < 4.78 is 6.97. The second-order valence-corrected chi connectivity index (χ2v) is 7.02. The van der Waals surface area contributed by atoms with E-state index in [0.717, 1.165) is 5.56 Å². The third-order valence-electron chi connectivity index (χ3n) is 3.55. The molecular weight excluding hydrogens is 334 g/mol. The van der Waals surface area contributed by atoms with E-state index >= 15 is 0 Å². The van der Waals surface area contributed by atoms with Gasteiger partial charge in [0.2, 0.25) is 5.91 Å². The Morgan fingerprint density at radius 1 is 1.35 bits per heavy atom. The van der Waals surface area contributed by atoms with Crippen molar-refractivity contribution in [2.75, 3.05) is 7.05 Å². The Balaban J connectivity index is 2.18. The van der Waals surface area contributed by atoms with Crippen LogP contribution in [-0.2, 0) is 23.1 Å². The number of amides is 2. The average molecular weight is 359 g/mol. The van der Waals surface area contributed by atoms with Crippen LogP contribution < -0.4 is 5.32 Å². The summed E-state index contributed by atoms with van der Waals surface area (Å²) in [4.78, 5) is 30.6. The van der Waals surface area contributed by atoms with Crippen molar-refractivity contribution >= 4 is 12.0 Å². The first-order chi connectivity index (χ1) is 12.2.